The van der Waals surface area contributed by atoms with Crippen molar-refractivity contribution in [2.75, 3.05) is 26.2 Å². The topological polar surface area (TPSA) is 35.5 Å². The monoisotopic (exact) mass is 346 g/mol. The molecule has 0 amide bonds. The largest absolute Gasteiger partial charge is 0.507 e. The van der Waals surface area contributed by atoms with Crippen LogP contribution in [0.4, 0.5) is 0 Å². The van der Waals surface area contributed by atoms with E-state index >= 15 is 0 Å². The Hall–Kier alpha value is -0.740. The molecule has 3 nitrogen and oxygen atoms in total. The van der Waals surface area contributed by atoms with Crippen molar-refractivity contribution in [3.8, 4) is 5.75 Å². The first-order valence-corrected chi connectivity index (χ1v) is 7.53. The third-order valence-corrected chi connectivity index (χ3v) is 4.02. The Bertz CT molecular complexity index is 474. The van der Waals surface area contributed by atoms with Crippen molar-refractivity contribution in [2.45, 2.75) is 32.7 Å². The first-order valence-electron chi connectivity index (χ1n) is 7.53. The fourth-order valence-corrected chi connectivity index (χ4v) is 2.93. The minimum Gasteiger partial charge on any atom is -0.507 e. The van der Waals surface area contributed by atoms with Crippen molar-refractivity contribution in [3.05, 3.63) is 41.5 Å². The molecule has 126 valence electrons. The number of hydrogen-bond donors (Lipinski definition) is 2. The van der Waals surface area contributed by atoms with Crippen molar-refractivity contribution >= 4 is 24.8 Å². The number of para-hydroxylation sites is 1. The third-order valence-electron chi connectivity index (χ3n) is 4.02. The Labute approximate surface area is 146 Å². The van der Waals surface area contributed by atoms with Gasteiger partial charge in [0, 0.05) is 37.8 Å². The fourth-order valence-electron chi connectivity index (χ4n) is 2.93. The molecule has 1 atom stereocenters. The van der Waals surface area contributed by atoms with Gasteiger partial charge in [-0.05, 0) is 25.3 Å². The maximum Gasteiger partial charge on any atom is 0.123 e. The van der Waals surface area contributed by atoms with Crippen molar-refractivity contribution in [2.24, 2.45) is 0 Å². The molecule has 0 aliphatic carbocycles. The van der Waals surface area contributed by atoms with E-state index in [1.165, 1.54) is 0 Å². The molecular weight excluding hydrogens is 319 g/mol. The lowest BCUT2D eigenvalue weighted by Crippen LogP contribution is -2.45. The molecule has 5 heteroatoms. The summed E-state index contributed by atoms with van der Waals surface area (Å²) in [7, 11) is 0. The third kappa shape index (κ3) is 5.17. The molecule has 0 spiro atoms. The molecule has 0 unspecified atom stereocenters. The summed E-state index contributed by atoms with van der Waals surface area (Å²) in [6.45, 7) is 12.3. The Morgan fingerprint density at radius 1 is 1.32 bits per heavy atom. The first kappa shape index (κ1) is 21.3. The number of piperazine rings is 1. The standard InChI is InChI=1S/C17H26N2O.2ClH/c1-4-14-6-5-7-15(17(14)20)16(12-13(2)3)19-10-8-18-9-11-19;;/h5-7,16,18,20H,2,4,8-12H2,1,3H3;2*1H/t16-;;/m0../s1. The summed E-state index contributed by atoms with van der Waals surface area (Å²) < 4.78 is 0. The first-order chi connectivity index (χ1) is 9.63. The van der Waals surface area contributed by atoms with Crippen LogP contribution in [0.25, 0.3) is 0 Å². The van der Waals surface area contributed by atoms with Gasteiger partial charge in [-0.3, -0.25) is 4.90 Å². The summed E-state index contributed by atoms with van der Waals surface area (Å²) in [4.78, 5) is 2.46. The van der Waals surface area contributed by atoms with Gasteiger partial charge in [0.15, 0.2) is 0 Å². The van der Waals surface area contributed by atoms with Crippen LogP contribution in [0.2, 0.25) is 0 Å². The van der Waals surface area contributed by atoms with E-state index in [0.717, 1.165) is 55.7 Å². The van der Waals surface area contributed by atoms with E-state index in [1.54, 1.807) is 0 Å². The number of nitrogens with one attached hydrogen (secondary N) is 1. The number of hydrogen-bond acceptors (Lipinski definition) is 3. The highest BCUT2D eigenvalue weighted by Crippen LogP contribution is 2.35. The van der Waals surface area contributed by atoms with Crippen LogP contribution in [-0.2, 0) is 6.42 Å². The van der Waals surface area contributed by atoms with Gasteiger partial charge in [-0.25, -0.2) is 0 Å². The summed E-state index contributed by atoms with van der Waals surface area (Å²) in [6, 6.07) is 6.36. The van der Waals surface area contributed by atoms with Gasteiger partial charge in [0.25, 0.3) is 0 Å². The molecule has 0 saturated carbocycles. The number of aromatic hydroxyl groups is 1. The minimum absolute atomic E-state index is 0. The van der Waals surface area contributed by atoms with E-state index in [9.17, 15) is 5.11 Å². The van der Waals surface area contributed by atoms with Crippen molar-refractivity contribution in [1.29, 1.82) is 0 Å². The van der Waals surface area contributed by atoms with E-state index in [-0.39, 0.29) is 30.9 Å². The molecule has 1 aromatic carbocycles. The van der Waals surface area contributed by atoms with Gasteiger partial charge in [0.05, 0.1) is 0 Å². The average molecular weight is 347 g/mol. The Morgan fingerprint density at radius 2 is 1.95 bits per heavy atom. The highest BCUT2D eigenvalue weighted by Gasteiger charge is 2.25. The molecule has 2 N–H and O–H groups in total. The maximum absolute atomic E-state index is 10.5. The summed E-state index contributed by atoms with van der Waals surface area (Å²) in [6.07, 6.45) is 1.77. The minimum atomic E-state index is 0. The van der Waals surface area contributed by atoms with Gasteiger partial charge < -0.3 is 10.4 Å². The number of aryl methyl sites for hydroxylation is 1. The van der Waals surface area contributed by atoms with E-state index in [0.29, 0.717) is 5.75 Å². The normalized spacial score (nSPS) is 16.3. The number of phenolic OH excluding ortho intramolecular Hbond substituents is 1. The van der Waals surface area contributed by atoms with Crippen LogP contribution < -0.4 is 5.32 Å². The second-order valence-corrected chi connectivity index (χ2v) is 5.67. The lowest BCUT2D eigenvalue weighted by atomic mass is 9.94. The lowest BCUT2D eigenvalue weighted by Gasteiger charge is -2.36. The van der Waals surface area contributed by atoms with Crippen LogP contribution in [0.5, 0.6) is 5.75 Å². The number of halogens is 2. The highest BCUT2D eigenvalue weighted by molar-refractivity contribution is 5.85. The van der Waals surface area contributed by atoms with Gasteiger partial charge in [-0.1, -0.05) is 30.7 Å². The molecular formula is C17H28Cl2N2O. The quantitative estimate of drug-likeness (QED) is 0.797. The van der Waals surface area contributed by atoms with Gasteiger partial charge in [-0.15, -0.1) is 31.4 Å². The zero-order chi connectivity index (χ0) is 14.5. The van der Waals surface area contributed by atoms with Crippen LogP contribution in [0.3, 0.4) is 0 Å². The van der Waals surface area contributed by atoms with Gasteiger partial charge >= 0.3 is 0 Å². The molecule has 1 aromatic rings. The SMILES string of the molecule is C=C(C)C[C@@H](c1cccc(CC)c1O)N1CCNCC1.Cl.Cl. The smallest absolute Gasteiger partial charge is 0.123 e. The van der Waals surface area contributed by atoms with E-state index in [1.807, 2.05) is 6.07 Å². The predicted molar refractivity (Wildman–Crippen MR) is 98.6 cm³/mol. The number of nitrogens with zero attached hydrogens (tertiary/aromatic N) is 1. The molecule has 0 radical (unpaired) electrons. The summed E-state index contributed by atoms with van der Waals surface area (Å²) in [5.74, 6) is 0.472. The molecule has 1 heterocycles. The highest BCUT2D eigenvalue weighted by atomic mass is 35.5. The van der Waals surface area contributed by atoms with Gasteiger partial charge in [0.2, 0.25) is 0 Å². The van der Waals surface area contributed by atoms with Crippen molar-refractivity contribution < 1.29 is 5.11 Å². The van der Waals surface area contributed by atoms with Crippen molar-refractivity contribution in [3.63, 3.8) is 0 Å². The van der Waals surface area contributed by atoms with Gasteiger partial charge in [0.1, 0.15) is 5.75 Å². The molecule has 1 saturated heterocycles. The lowest BCUT2D eigenvalue weighted by molar-refractivity contribution is 0.170. The van der Waals surface area contributed by atoms with E-state index in [2.05, 4.69) is 42.8 Å². The van der Waals surface area contributed by atoms with E-state index in [4.69, 9.17) is 0 Å². The number of phenols is 1. The second kappa shape index (κ2) is 10.1. The molecule has 0 aromatic heterocycles. The zero-order valence-corrected chi connectivity index (χ0v) is 15.1. The number of benzene rings is 1. The van der Waals surface area contributed by atoms with Crippen LogP contribution in [0.15, 0.2) is 30.4 Å². The van der Waals surface area contributed by atoms with Crippen LogP contribution in [0.1, 0.15) is 37.4 Å². The molecule has 22 heavy (non-hydrogen) atoms. The summed E-state index contributed by atoms with van der Waals surface area (Å²) >= 11 is 0. The Balaban J connectivity index is 0.00000220. The Kier molecular flexibility index (Phi) is 9.77. The van der Waals surface area contributed by atoms with Crippen LogP contribution in [-0.4, -0.2) is 36.2 Å². The average Bonchev–Trinajstić information content (AvgIpc) is 2.46. The molecule has 0 bridgehead atoms. The van der Waals surface area contributed by atoms with E-state index < -0.39 is 0 Å². The maximum atomic E-state index is 10.5. The summed E-state index contributed by atoms with van der Waals surface area (Å²) in [5, 5.41) is 13.9. The number of rotatable bonds is 5. The molecule has 1 aliphatic rings. The predicted octanol–water partition coefficient (Wildman–Crippen LogP) is 3.71. The van der Waals surface area contributed by atoms with Gasteiger partial charge in [-0.2, -0.15) is 0 Å². The van der Waals surface area contributed by atoms with Crippen LogP contribution >= 0.6 is 24.8 Å². The molecule has 1 fully saturated rings. The van der Waals surface area contributed by atoms with Crippen LogP contribution in [0, 0.1) is 0 Å². The second-order valence-electron chi connectivity index (χ2n) is 5.67. The Morgan fingerprint density at radius 3 is 2.50 bits per heavy atom. The van der Waals surface area contributed by atoms with Crippen molar-refractivity contribution in [1.82, 2.24) is 10.2 Å². The fraction of sp³-hybridized carbons (Fsp3) is 0.529. The molecule has 2 rings (SSSR count). The summed E-state index contributed by atoms with van der Waals surface area (Å²) in [5.41, 5.74) is 3.24. The molecule has 1 aliphatic heterocycles. The zero-order valence-electron chi connectivity index (χ0n) is 13.5.